The van der Waals surface area contributed by atoms with Gasteiger partial charge in [-0.05, 0) is 30.7 Å². The monoisotopic (exact) mass is 328 g/mol. The van der Waals surface area contributed by atoms with Gasteiger partial charge >= 0.3 is 0 Å². The average molecular weight is 330 g/mol. The highest BCUT2D eigenvalue weighted by Crippen LogP contribution is 2.25. The molecule has 0 aliphatic rings. The summed E-state index contributed by atoms with van der Waals surface area (Å²) in [6, 6.07) is 10.6. The van der Waals surface area contributed by atoms with Crippen molar-refractivity contribution in [3.63, 3.8) is 0 Å². The van der Waals surface area contributed by atoms with E-state index in [2.05, 4.69) is 15.9 Å². The van der Waals surface area contributed by atoms with Gasteiger partial charge in [-0.3, -0.25) is 0 Å². The predicted molar refractivity (Wildman–Crippen MR) is 74.6 cm³/mol. The molecule has 94 valence electrons. The molecule has 0 unspecified atom stereocenters. The lowest BCUT2D eigenvalue weighted by Gasteiger charge is -2.10. The van der Waals surface area contributed by atoms with Crippen molar-refractivity contribution in [1.29, 1.82) is 0 Å². The fourth-order valence-corrected chi connectivity index (χ4v) is 2.08. The Morgan fingerprint density at radius 3 is 2.83 bits per heavy atom. The molecule has 0 saturated heterocycles. The van der Waals surface area contributed by atoms with Gasteiger partial charge in [0.05, 0.1) is 5.02 Å². The van der Waals surface area contributed by atoms with Gasteiger partial charge in [-0.25, -0.2) is 4.39 Å². The molecule has 0 fully saturated rings. The summed E-state index contributed by atoms with van der Waals surface area (Å²) in [4.78, 5) is 0. The highest BCUT2D eigenvalue weighted by Gasteiger charge is 2.07. The van der Waals surface area contributed by atoms with E-state index < -0.39 is 5.82 Å². The second kappa shape index (κ2) is 5.72. The van der Waals surface area contributed by atoms with Crippen LogP contribution >= 0.6 is 27.5 Å². The van der Waals surface area contributed by atoms with Gasteiger partial charge in [0.25, 0.3) is 0 Å². The molecule has 2 aromatic rings. The zero-order chi connectivity index (χ0) is 13.1. The van der Waals surface area contributed by atoms with E-state index in [1.165, 1.54) is 6.07 Å². The topological polar surface area (TPSA) is 9.23 Å². The third kappa shape index (κ3) is 3.03. The minimum absolute atomic E-state index is 0.113. The van der Waals surface area contributed by atoms with Crippen LogP contribution in [0, 0.1) is 12.7 Å². The van der Waals surface area contributed by atoms with Gasteiger partial charge in [-0.2, -0.15) is 0 Å². The molecule has 1 nitrogen and oxygen atoms in total. The highest BCUT2D eigenvalue weighted by molar-refractivity contribution is 9.10. The lowest BCUT2D eigenvalue weighted by Crippen LogP contribution is -2.00. The molecule has 0 amide bonds. The first-order valence-electron chi connectivity index (χ1n) is 5.40. The van der Waals surface area contributed by atoms with Crippen LogP contribution in [0.1, 0.15) is 11.1 Å². The molecule has 0 aliphatic carbocycles. The van der Waals surface area contributed by atoms with E-state index in [1.807, 2.05) is 25.1 Å². The van der Waals surface area contributed by atoms with Crippen molar-refractivity contribution in [2.45, 2.75) is 13.5 Å². The highest BCUT2D eigenvalue weighted by atomic mass is 79.9. The Balaban J connectivity index is 2.16. The van der Waals surface area contributed by atoms with Crippen LogP contribution in [0.3, 0.4) is 0 Å². The second-order valence-electron chi connectivity index (χ2n) is 3.91. The first-order chi connectivity index (χ1) is 8.58. The Hall–Kier alpha value is -1.06. The maximum Gasteiger partial charge on any atom is 0.148 e. The van der Waals surface area contributed by atoms with Crippen LogP contribution in [0.5, 0.6) is 5.75 Å². The van der Waals surface area contributed by atoms with Gasteiger partial charge < -0.3 is 4.74 Å². The normalized spacial score (nSPS) is 10.4. The molecule has 4 heteroatoms. The van der Waals surface area contributed by atoms with E-state index in [0.717, 1.165) is 15.8 Å². The number of ether oxygens (including phenoxy) is 1. The molecular weight excluding hydrogens is 319 g/mol. The number of rotatable bonds is 3. The summed E-state index contributed by atoms with van der Waals surface area (Å²) >= 11 is 9.09. The van der Waals surface area contributed by atoms with E-state index in [9.17, 15) is 4.39 Å². The van der Waals surface area contributed by atoms with Crippen molar-refractivity contribution >= 4 is 27.5 Å². The van der Waals surface area contributed by atoms with E-state index >= 15 is 0 Å². The number of benzene rings is 2. The minimum Gasteiger partial charge on any atom is -0.488 e. The summed E-state index contributed by atoms with van der Waals surface area (Å²) in [5.41, 5.74) is 1.45. The number of hydrogen-bond acceptors (Lipinski definition) is 1. The van der Waals surface area contributed by atoms with E-state index in [-0.39, 0.29) is 11.6 Å². The SMILES string of the molecule is Cc1ccc(Br)cc1OCc1cccc(Cl)c1F. The lowest BCUT2D eigenvalue weighted by atomic mass is 10.2. The fraction of sp³-hybridized carbons (Fsp3) is 0.143. The quantitative estimate of drug-likeness (QED) is 0.758. The molecule has 0 aliphatic heterocycles. The fourth-order valence-electron chi connectivity index (χ4n) is 1.54. The summed E-state index contributed by atoms with van der Waals surface area (Å²) in [6.07, 6.45) is 0. The Morgan fingerprint density at radius 2 is 2.06 bits per heavy atom. The van der Waals surface area contributed by atoms with Crippen LogP contribution in [0.15, 0.2) is 40.9 Å². The van der Waals surface area contributed by atoms with Crippen molar-refractivity contribution in [3.05, 3.63) is 62.8 Å². The Kier molecular flexibility index (Phi) is 4.25. The Labute approximate surface area is 119 Å². The predicted octanol–water partition coefficient (Wildman–Crippen LogP) is 5.13. The van der Waals surface area contributed by atoms with Crippen LogP contribution in [0.4, 0.5) is 4.39 Å². The standard InChI is InChI=1S/C14H11BrClFO/c1-9-5-6-11(15)7-13(9)18-8-10-3-2-4-12(16)14(10)17/h2-7H,8H2,1H3. The summed E-state index contributed by atoms with van der Waals surface area (Å²) in [5.74, 6) is 0.301. The minimum atomic E-state index is -0.424. The molecule has 0 radical (unpaired) electrons. The van der Waals surface area contributed by atoms with Gasteiger partial charge in [0, 0.05) is 10.0 Å². The number of hydrogen-bond donors (Lipinski definition) is 0. The van der Waals surface area contributed by atoms with Gasteiger partial charge in [-0.1, -0.05) is 45.7 Å². The molecule has 2 aromatic carbocycles. The zero-order valence-electron chi connectivity index (χ0n) is 9.71. The molecule has 0 N–H and O–H groups in total. The first-order valence-corrected chi connectivity index (χ1v) is 6.57. The van der Waals surface area contributed by atoms with Gasteiger partial charge in [0.2, 0.25) is 0 Å². The molecule has 0 spiro atoms. The molecule has 0 saturated carbocycles. The van der Waals surface area contributed by atoms with Crippen molar-refractivity contribution in [3.8, 4) is 5.75 Å². The molecule has 0 heterocycles. The Bertz CT molecular complexity index is 570. The summed E-state index contributed by atoms with van der Waals surface area (Å²) in [5, 5.41) is 0.113. The molecule has 0 aromatic heterocycles. The molecule has 2 rings (SSSR count). The molecule has 0 atom stereocenters. The van der Waals surface area contributed by atoms with Crippen LogP contribution in [0.2, 0.25) is 5.02 Å². The van der Waals surface area contributed by atoms with Gasteiger partial charge in [0.1, 0.15) is 18.2 Å². The van der Waals surface area contributed by atoms with Crippen LogP contribution in [0.25, 0.3) is 0 Å². The molecule has 18 heavy (non-hydrogen) atoms. The summed E-state index contributed by atoms with van der Waals surface area (Å²) < 4.78 is 20.2. The van der Waals surface area contributed by atoms with Crippen molar-refractivity contribution in [2.24, 2.45) is 0 Å². The third-order valence-electron chi connectivity index (χ3n) is 2.56. The average Bonchev–Trinajstić information content (AvgIpc) is 2.35. The number of aryl methyl sites for hydroxylation is 1. The van der Waals surface area contributed by atoms with Gasteiger partial charge in [0.15, 0.2) is 0 Å². The van der Waals surface area contributed by atoms with Crippen molar-refractivity contribution in [1.82, 2.24) is 0 Å². The molecule has 0 bridgehead atoms. The largest absolute Gasteiger partial charge is 0.488 e. The molecular formula is C14H11BrClFO. The Morgan fingerprint density at radius 1 is 1.28 bits per heavy atom. The van der Waals surface area contributed by atoms with Crippen molar-refractivity contribution < 1.29 is 9.13 Å². The maximum atomic E-state index is 13.7. The maximum absolute atomic E-state index is 13.7. The number of halogens is 3. The van der Waals surface area contributed by atoms with E-state index in [0.29, 0.717) is 5.56 Å². The first kappa shape index (κ1) is 13.4. The lowest BCUT2D eigenvalue weighted by molar-refractivity contribution is 0.297. The van der Waals surface area contributed by atoms with Crippen LogP contribution < -0.4 is 4.74 Å². The van der Waals surface area contributed by atoms with E-state index in [4.69, 9.17) is 16.3 Å². The summed E-state index contributed by atoms with van der Waals surface area (Å²) in [7, 11) is 0. The van der Waals surface area contributed by atoms with Crippen molar-refractivity contribution in [2.75, 3.05) is 0 Å². The third-order valence-corrected chi connectivity index (χ3v) is 3.35. The van der Waals surface area contributed by atoms with Crippen LogP contribution in [-0.2, 0) is 6.61 Å². The van der Waals surface area contributed by atoms with Gasteiger partial charge in [-0.15, -0.1) is 0 Å². The summed E-state index contributed by atoms with van der Waals surface area (Å²) in [6.45, 7) is 2.10. The second-order valence-corrected chi connectivity index (χ2v) is 5.23. The zero-order valence-corrected chi connectivity index (χ0v) is 12.1. The van der Waals surface area contributed by atoms with Crippen LogP contribution in [-0.4, -0.2) is 0 Å². The van der Waals surface area contributed by atoms with E-state index in [1.54, 1.807) is 12.1 Å². The smallest absolute Gasteiger partial charge is 0.148 e.